The minimum Gasteiger partial charge on any atom is -0.462 e. The van der Waals surface area contributed by atoms with E-state index in [1.807, 2.05) is 49.4 Å². The van der Waals surface area contributed by atoms with Crippen molar-refractivity contribution in [3.8, 4) is 0 Å². The third-order valence-corrected chi connectivity index (χ3v) is 4.11. The zero-order valence-electron chi connectivity index (χ0n) is 13.5. The van der Waals surface area contributed by atoms with Crippen LogP contribution in [-0.4, -0.2) is 47.2 Å². The molecule has 1 aliphatic heterocycles. The molecule has 1 aliphatic rings. The van der Waals surface area contributed by atoms with E-state index in [0.717, 1.165) is 5.56 Å². The number of hydrogen-bond acceptors (Lipinski definition) is 5. The molecule has 5 atom stereocenters. The second kappa shape index (κ2) is 8.24. The predicted molar refractivity (Wildman–Crippen MR) is 86.6 cm³/mol. The third-order valence-electron chi connectivity index (χ3n) is 4.11. The Hall–Kier alpha value is -1.69. The Morgan fingerprint density at radius 1 is 1.43 bits per heavy atom. The van der Waals surface area contributed by atoms with E-state index in [0.29, 0.717) is 6.42 Å². The molecular weight excluding hydrogens is 296 g/mol. The first-order chi connectivity index (χ1) is 11.0. The molecule has 2 N–H and O–H groups in total. The molecule has 5 heteroatoms. The Bertz CT molecular complexity index is 527. The molecule has 2 rings (SSSR count). The van der Waals surface area contributed by atoms with E-state index in [-0.39, 0.29) is 30.7 Å². The first-order valence-corrected chi connectivity index (χ1v) is 7.86. The van der Waals surface area contributed by atoms with Gasteiger partial charge in [-0.25, -0.2) is 0 Å². The van der Waals surface area contributed by atoms with Crippen LogP contribution in [0, 0.1) is 5.92 Å². The zero-order valence-corrected chi connectivity index (χ0v) is 13.5. The maximum atomic E-state index is 11.3. The Balaban J connectivity index is 2.14. The Morgan fingerprint density at radius 3 is 2.74 bits per heavy atom. The Morgan fingerprint density at radius 2 is 2.13 bits per heavy atom. The van der Waals surface area contributed by atoms with Crippen LogP contribution in [0.4, 0.5) is 0 Å². The molecule has 1 aromatic rings. The zero-order chi connectivity index (χ0) is 16.8. The van der Waals surface area contributed by atoms with Gasteiger partial charge in [-0.05, 0) is 5.56 Å². The third kappa shape index (κ3) is 4.89. The van der Waals surface area contributed by atoms with Crippen molar-refractivity contribution in [2.24, 2.45) is 5.92 Å². The Kier molecular flexibility index (Phi) is 6.33. The molecule has 126 valence electrons. The van der Waals surface area contributed by atoms with Crippen LogP contribution >= 0.6 is 0 Å². The van der Waals surface area contributed by atoms with E-state index in [2.05, 4.69) is 0 Å². The summed E-state index contributed by atoms with van der Waals surface area (Å²) >= 11 is 0. The number of rotatable bonds is 5. The summed E-state index contributed by atoms with van der Waals surface area (Å²) < 4.78 is 11.3. The van der Waals surface area contributed by atoms with Gasteiger partial charge in [0.1, 0.15) is 12.2 Å². The molecule has 0 spiro atoms. The average Bonchev–Trinajstić information content (AvgIpc) is 2.55. The van der Waals surface area contributed by atoms with Crippen molar-refractivity contribution in [3.63, 3.8) is 0 Å². The van der Waals surface area contributed by atoms with Crippen LogP contribution in [0.1, 0.15) is 25.8 Å². The number of aliphatic hydroxyl groups is 2. The number of carbonyl (C=O) groups is 1. The van der Waals surface area contributed by atoms with E-state index < -0.39 is 12.2 Å². The predicted octanol–water partition coefficient (Wildman–Crippen LogP) is 1.78. The highest BCUT2D eigenvalue weighted by atomic mass is 16.6. The summed E-state index contributed by atoms with van der Waals surface area (Å²) in [5, 5.41) is 19.0. The lowest BCUT2D eigenvalue weighted by Crippen LogP contribution is -2.48. The fraction of sp³-hybridized carbons (Fsp3) is 0.500. The summed E-state index contributed by atoms with van der Waals surface area (Å²) in [6, 6.07) is 9.80. The molecule has 1 aromatic carbocycles. The van der Waals surface area contributed by atoms with Gasteiger partial charge in [-0.1, -0.05) is 49.4 Å². The van der Waals surface area contributed by atoms with Gasteiger partial charge in [-0.3, -0.25) is 4.79 Å². The number of ether oxygens (including phenoxy) is 2. The van der Waals surface area contributed by atoms with Gasteiger partial charge in [0, 0.05) is 19.3 Å². The number of esters is 1. The molecule has 0 radical (unpaired) electrons. The average molecular weight is 320 g/mol. The SMILES string of the molecule is CC(=O)OC1C[C@H]([C@H](O)CO)O[C@@H](/C=C/c2ccccc2)[C@@H]1C. The van der Waals surface area contributed by atoms with Gasteiger partial charge >= 0.3 is 5.97 Å². The van der Waals surface area contributed by atoms with Crippen LogP contribution in [0.2, 0.25) is 0 Å². The maximum Gasteiger partial charge on any atom is 0.302 e. The highest BCUT2D eigenvalue weighted by Crippen LogP contribution is 2.30. The fourth-order valence-corrected chi connectivity index (χ4v) is 2.76. The molecule has 0 aliphatic carbocycles. The lowest BCUT2D eigenvalue weighted by molar-refractivity contribution is -0.180. The summed E-state index contributed by atoms with van der Waals surface area (Å²) in [4.78, 5) is 11.3. The molecule has 0 saturated carbocycles. The Labute approximate surface area is 136 Å². The summed E-state index contributed by atoms with van der Waals surface area (Å²) in [5.74, 6) is -0.396. The minimum atomic E-state index is -0.992. The van der Waals surface area contributed by atoms with Crippen LogP contribution in [0.3, 0.4) is 0 Å². The van der Waals surface area contributed by atoms with Crippen molar-refractivity contribution in [1.82, 2.24) is 0 Å². The van der Waals surface area contributed by atoms with Crippen molar-refractivity contribution in [2.75, 3.05) is 6.61 Å². The highest BCUT2D eigenvalue weighted by Gasteiger charge is 2.39. The molecule has 1 fully saturated rings. The minimum absolute atomic E-state index is 0.0407. The topological polar surface area (TPSA) is 76.0 Å². The number of benzene rings is 1. The van der Waals surface area contributed by atoms with E-state index >= 15 is 0 Å². The second-order valence-electron chi connectivity index (χ2n) is 5.90. The first kappa shape index (κ1) is 17.7. The molecule has 0 amide bonds. The molecule has 1 saturated heterocycles. The van der Waals surface area contributed by atoms with Crippen LogP contribution in [0.25, 0.3) is 6.08 Å². The van der Waals surface area contributed by atoms with Crippen molar-refractivity contribution in [1.29, 1.82) is 0 Å². The standard InChI is InChI=1S/C18H24O5/c1-12-16(9-8-14-6-4-3-5-7-14)23-18(15(21)11-19)10-17(12)22-13(2)20/h3-9,12,15-19,21H,10-11H2,1-2H3/b9-8+/t12-,15+,16-,17?,18+/m0/s1. The van der Waals surface area contributed by atoms with E-state index in [4.69, 9.17) is 14.6 Å². The van der Waals surface area contributed by atoms with Gasteiger partial charge in [0.15, 0.2) is 0 Å². The van der Waals surface area contributed by atoms with Gasteiger partial charge in [0.05, 0.1) is 18.8 Å². The second-order valence-corrected chi connectivity index (χ2v) is 5.90. The molecule has 0 aromatic heterocycles. The summed E-state index contributed by atoms with van der Waals surface area (Å²) in [6.45, 7) is 2.94. The van der Waals surface area contributed by atoms with Crippen LogP contribution < -0.4 is 0 Å². The van der Waals surface area contributed by atoms with Crippen LogP contribution in [0.15, 0.2) is 36.4 Å². The van der Waals surface area contributed by atoms with Crippen molar-refractivity contribution in [2.45, 2.75) is 44.7 Å². The van der Waals surface area contributed by atoms with Gasteiger partial charge < -0.3 is 19.7 Å². The number of aliphatic hydroxyl groups excluding tert-OH is 2. The van der Waals surface area contributed by atoms with Gasteiger partial charge in [0.2, 0.25) is 0 Å². The molecule has 0 bridgehead atoms. The first-order valence-electron chi connectivity index (χ1n) is 7.86. The lowest BCUT2D eigenvalue weighted by atomic mass is 9.88. The van der Waals surface area contributed by atoms with Crippen LogP contribution in [0.5, 0.6) is 0 Å². The van der Waals surface area contributed by atoms with Crippen molar-refractivity contribution < 1.29 is 24.5 Å². The monoisotopic (exact) mass is 320 g/mol. The normalized spacial score (nSPS) is 29.4. The van der Waals surface area contributed by atoms with Gasteiger partial charge in [-0.2, -0.15) is 0 Å². The molecule has 1 unspecified atom stereocenters. The molecule has 1 heterocycles. The lowest BCUT2D eigenvalue weighted by Gasteiger charge is -2.40. The van der Waals surface area contributed by atoms with Crippen LogP contribution in [-0.2, 0) is 14.3 Å². The van der Waals surface area contributed by atoms with Gasteiger partial charge in [-0.15, -0.1) is 0 Å². The molecular formula is C18H24O5. The summed E-state index contributed by atoms with van der Waals surface area (Å²) in [6.07, 6.45) is 2.02. The van der Waals surface area contributed by atoms with Crippen molar-refractivity contribution >= 4 is 12.0 Å². The van der Waals surface area contributed by atoms with Gasteiger partial charge in [0.25, 0.3) is 0 Å². The fourth-order valence-electron chi connectivity index (χ4n) is 2.76. The van der Waals surface area contributed by atoms with E-state index in [1.54, 1.807) is 0 Å². The summed E-state index contributed by atoms with van der Waals surface area (Å²) in [5.41, 5.74) is 1.04. The number of carbonyl (C=O) groups excluding carboxylic acids is 1. The maximum absolute atomic E-state index is 11.3. The smallest absolute Gasteiger partial charge is 0.302 e. The molecule has 5 nitrogen and oxygen atoms in total. The quantitative estimate of drug-likeness (QED) is 0.809. The van der Waals surface area contributed by atoms with E-state index in [1.165, 1.54) is 6.92 Å². The number of hydrogen-bond donors (Lipinski definition) is 2. The molecule has 23 heavy (non-hydrogen) atoms. The highest BCUT2D eigenvalue weighted by molar-refractivity contribution is 5.66. The van der Waals surface area contributed by atoms with Crippen molar-refractivity contribution in [3.05, 3.63) is 42.0 Å². The van der Waals surface area contributed by atoms with E-state index in [9.17, 15) is 9.90 Å². The summed E-state index contributed by atoms with van der Waals surface area (Å²) in [7, 11) is 0. The largest absolute Gasteiger partial charge is 0.462 e.